The van der Waals surface area contributed by atoms with Crippen LogP contribution in [0.1, 0.15) is 17.0 Å². The van der Waals surface area contributed by atoms with Crippen molar-refractivity contribution in [1.82, 2.24) is 9.97 Å². The van der Waals surface area contributed by atoms with Crippen molar-refractivity contribution in [2.45, 2.75) is 6.61 Å². The van der Waals surface area contributed by atoms with Crippen molar-refractivity contribution in [2.24, 2.45) is 0 Å². The summed E-state index contributed by atoms with van der Waals surface area (Å²) < 4.78 is 6.78. The SMILES string of the molecule is N#CC(=Cc1cc(Br)ccc1OCc1ccc([N+](=O)[O-])cc1)c1nc2ccccc2[nH]1. The lowest BCUT2D eigenvalue weighted by Gasteiger charge is -2.10. The van der Waals surface area contributed by atoms with Crippen LogP contribution in [0.4, 0.5) is 5.69 Å². The fraction of sp³-hybridized carbons (Fsp3) is 0.0435. The quantitative estimate of drug-likeness (QED) is 0.213. The molecule has 0 aliphatic heterocycles. The number of nitro groups is 1. The zero-order chi connectivity index (χ0) is 21.8. The fourth-order valence-corrected chi connectivity index (χ4v) is 3.41. The van der Waals surface area contributed by atoms with Gasteiger partial charge in [-0.25, -0.2) is 4.98 Å². The molecule has 0 spiro atoms. The number of H-pyrrole nitrogens is 1. The highest BCUT2D eigenvalue weighted by molar-refractivity contribution is 9.10. The molecule has 0 unspecified atom stereocenters. The van der Waals surface area contributed by atoms with Gasteiger partial charge < -0.3 is 9.72 Å². The first-order chi connectivity index (χ1) is 15.0. The number of ether oxygens (including phenoxy) is 1. The molecule has 0 bridgehead atoms. The third-order valence-electron chi connectivity index (χ3n) is 4.58. The van der Waals surface area contributed by atoms with Crippen LogP contribution in [0.25, 0.3) is 22.7 Å². The van der Waals surface area contributed by atoms with Crippen LogP contribution in [0.5, 0.6) is 5.75 Å². The Hall–Kier alpha value is -3.96. The standard InChI is InChI=1S/C23H15BrN4O3/c24-18-7-10-22(31-14-15-5-8-19(9-6-15)28(29)30)16(12-18)11-17(13-25)23-26-20-3-1-2-4-21(20)27-23/h1-12H,14H2,(H,26,27). The Morgan fingerprint density at radius 2 is 1.97 bits per heavy atom. The monoisotopic (exact) mass is 474 g/mol. The second kappa shape index (κ2) is 8.81. The molecule has 0 aliphatic carbocycles. The first-order valence-corrected chi connectivity index (χ1v) is 10.1. The van der Waals surface area contributed by atoms with Crippen molar-refractivity contribution in [3.8, 4) is 11.8 Å². The number of aromatic amines is 1. The molecule has 1 N–H and O–H groups in total. The summed E-state index contributed by atoms with van der Waals surface area (Å²) in [4.78, 5) is 18.0. The number of nitriles is 1. The highest BCUT2D eigenvalue weighted by Crippen LogP contribution is 2.28. The summed E-state index contributed by atoms with van der Waals surface area (Å²) in [5.74, 6) is 1.05. The summed E-state index contributed by atoms with van der Waals surface area (Å²) in [6.07, 6.45) is 1.72. The van der Waals surface area contributed by atoms with Crippen LogP contribution in [-0.2, 0) is 6.61 Å². The number of non-ortho nitro benzene ring substituents is 1. The van der Waals surface area contributed by atoms with Gasteiger partial charge in [0.15, 0.2) is 0 Å². The summed E-state index contributed by atoms with van der Waals surface area (Å²) in [5, 5.41) is 20.5. The van der Waals surface area contributed by atoms with Crippen molar-refractivity contribution in [3.05, 3.63) is 98.3 Å². The number of imidazole rings is 1. The van der Waals surface area contributed by atoms with Crippen LogP contribution in [0, 0.1) is 21.4 Å². The van der Waals surface area contributed by atoms with Crippen molar-refractivity contribution >= 4 is 44.3 Å². The molecule has 0 amide bonds. The summed E-state index contributed by atoms with van der Waals surface area (Å²) in [7, 11) is 0. The molecular weight excluding hydrogens is 460 g/mol. The van der Waals surface area contributed by atoms with Gasteiger partial charge in [0.05, 0.1) is 21.5 Å². The van der Waals surface area contributed by atoms with Gasteiger partial charge >= 0.3 is 0 Å². The van der Waals surface area contributed by atoms with Gasteiger partial charge in [0, 0.05) is 22.2 Å². The fourth-order valence-electron chi connectivity index (χ4n) is 3.03. The normalized spacial score (nSPS) is 11.3. The number of nitrogens with one attached hydrogen (secondary N) is 1. The van der Waals surface area contributed by atoms with Crippen LogP contribution in [0.2, 0.25) is 0 Å². The lowest BCUT2D eigenvalue weighted by atomic mass is 10.1. The van der Waals surface area contributed by atoms with E-state index in [9.17, 15) is 15.4 Å². The average molecular weight is 475 g/mol. The minimum absolute atomic E-state index is 0.0283. The Morgan fingerprint density at radius 3 is 2.68 bits per heavy atom. The molecule has 1 heterocycles. The van der Waals surface area contributed by atoms with Gasteiger partial charge in [0.25, 0.3) is 5.69 Å². The van der Waals surface area contributed by atoms with Crippen molar-refractivity contribution in [1.29, 1.82) is 5.26 Å². The second-order valence-corrected chi connectivity index (χ2v) is 7.58. The molecule has 4 aromatic rings. The van der Waals surface area contributed by atoms with E-state index in [0.717, 1.165) is 21.1 Å². The van der Waals surface area contributed by atoms with Crippen LogP contribution in [0.15, 0.2) is 71.2 Å². The summed E-state index contributed by atoms with van der Waals surface area (Å²) >= 11 is 3.46. The Morgan fingerprint density at radius 1 is 1.19 bits per heavy atom. The van der Waals surface area contributed by atoms with E-state index in [-0.39, 0.29) is 12.3 Å². The van der Waals surface area contributed by atoms with Gasteiger partial charge in [-0.1, -0.05) is 28.1 Å². The van der Waals surface area contributed by atoms with Gasteiger partial charge in [-0.05, 0) is 54.1 Å². The highest BCUT2D eigenvalue weighted by atomic mass is 79.9. The van der Waals surface area contributed by atoms with Crippen LogP contribution < -0.4 is 4.74 Å². The number of nitrogens with zero attached hydrogens (tertiary/aromatic N) is 3. The average Bonchev–Trinajstić information content (AvgIpc) is 3.21. The second-order valence-electron chi connectivity index (χ2n) is 6.67. The molecule has 1 aromatic heterocycles. The third kappa shape index (κ3) is 4.63. The molecule has 0 fully saturated rings. The largest absolute Gasteiger partial charge is 0.488 e. The van der Waals surface area contributed by atoms with E-state index in [1.165, 1.54) is 12.1 Å². The third-order valence-corrected chi connectivity index (χ3v) is 5.07. The molecule has 4 rings (SSSR count). The predicted molar refractivity (Wildman–Crippen MR) is 121 cm³/mol. The topological polar surface area (TPSA) is 105 Å². The number of fused-ring (bicyclic) bond motifs is 1. The molecule has 0 aliphatic rings. The first-order valence-electron chi connectivity index (χ1n) is 9.26. The van der Waals surface area contributed by atoms with Crippen molar-refractivity contribution < 1.29 is 9.66 Å². The van der Waals surface area contributed by atoms with Crippen LogP contribution in [0.3, 0.4) is 0 Å². The lowest BCUT2D eigenvalue weighted by Crippen LogP contribution is -1.98. The summed E-state index contributed by atoms with van der Waals surface area (Å²) in [6.45, 7) is 0.229. The minimum atomic E-state index is -0.441. The van der Waals surface area contributed by atoms with Gasteiger partial charge in [-0.3, -0.25) is 10.1 Å². The molecule has 0 radical (unpaired) electrons. The predicted octanol–water partition coefficient (Wildman–Crippen LogP) is 5.88. The van der Waals surface area contributed by atoms with E-state index in [0.29, 0.717) is 22.7 Å². The molecule has 152 valence electrons. The van der Waals surface area contributed by atoms with Crippen LogP contribution in [-0.4, -0.2) is 14.9 Å². The van der Waals surface area contributed by atoms with Gasteiger partial charge in [-0.2, -0.15) is 5.26 Å². The van der Waals surface area contributed by atoms with Crippen LogP contribution >= 0.6 is 15.9 Å². The Bertz CT molecular complexity index is 1300. The van der Waals surface area contributed by atoms with Crippen molar-refractivity contribution in [2.75, 3.05) is 0 Å². The Balaban J connectivity index is 1.62. The van der Waals surface area contributed by atoms with E-state index in [4.69, 9.17) is 4.74 Å². The Kier molecular flexibility index (Phi) is 5.78. The van der Waals surface area contributed by atoms with E-state index < -0.39 is 4.92 Å². The number of allylic oxidation sites excluding steroid dienone is 1. The highest BCUT2D eigenvalue weighted by Gasteiger charge is 2.11. The summed E-state index contributed by atoms with van der Waals surface area (Å²) in [6, 6.07) is 21.5. The molecule has 0 saturated carbocycles. The van der Waals surface area contributed by atoms with Crippen molar-refractivity contribution in [3.63, 3.8) is 0 Å². The van der Waals surface area contributed by atoms with E-state index in [2.05, 4.69) is 32.0 Å². The summed E-state index contributed by atoms with van der Waals surface area (Å²) in [5.41, 5.74) is 3.52. The number of halogens is 1. The maximum absolute atomic E-state index is 10.8. The smallest absolute Gasteiger partial charge is 0.269 e. The molecular formula is C23H15BrN4O3. The molecule has 31 heavy (non-hydrogen) atoms. The number of rotatable bonds is 6. The number of nitro benzene ring substituents is 1. The number of aromatic nitrogens is 2. The maximum atomic E-state index is 10.8. The molecule has 0 saturated heterocycles. The molecule has 0 atom stereocenters. The number of para-hydroxylation sites is 2. The Labute approximate surface area is 185 Å². The first kappa shape index (κ1) is 20.3. The van der Waals surface area contributed by atoms with Gasteiger partial charge in [0.2, 0.25) is 0 Å². The minimum Gasteiger partial charge on any atom is -0.488 e. The molecule has 3 aromatic carbocycles. The number of hydrogen-bond donors (Lipinski definition) is 1. The number of benzene rings is 3. The zero-order valence-corrected chi connectivity index (χ0v) is 17.7. The molecule has 8 heteroatoms. The number of hydrogen-bond acceptors (Lipinski definition) is 5. The zero-order valence-electron chi connectivity index (χ0n) is 16.1. The molecule has 7 nitrogen and oxygen atoms in total. The van der Waals surface area contributed by atoms with E-state index in [1.54, 1.807) is 24.3 Å². The van der Waals surface area contributed by atoms with Gasteiger partial charge in [0.1, 0.15) is 24.3 Å². The lowest BCUT2D eigenvalue weighted by molar-refractivity contribution is -0.384. The van der Waals surface area contributed by atoms with E-state index in [1.807, 2.05) is 36.4 Å². The maximum Gasteiger partial charge on any atom is 0.269 e. The van der Waals surface area contributed by atoms with Gasteiger partial charge in [-0.15, -0.1) is 0 Å². The van der Waals surface area contributed by atoms with E-state index >= 15 is 0 Å².